The molecule has 0 spiro atoms. The molecule has 0 unspecified atom stereocenters. The van der Waals surface area contributed by atoms with E-state index in [-0.39, 0.29) is 18.2 Å². The number of rotatable bonds is 5. The number of benzene rings is 2. The highest BCUT2D eigenvalue weighted by molar-refractivity contribution is 5.74. The molecule has 2 amide bonds. The van der Waals surface area contributed by atoms with Gasteiger partial charge in [0.1, 0.15) is 0 Å². The summed E-state index contributed by atoms with van der Waals surface area (Å²) < 4.78 is 10.6. The molecule has 4 rings (SSSR count). The summed E-state index contributed by atoms with van der Waals surface area (Å²) in [5.41, 5.74) is 2.41. The lowest BCUT2D eigenvalue weighted by Crippen LogP contribution is -2.39. The van der Waals surface area contributed by atoms with Gasteiger partial charge >= 0.3 is 6.03 Å². The molecule has 2 aromatic carbocycles. The molecule has 2 aliphatic rings. The Hall–Kier alpha value is -2.69. The molecule has 24 heavy (non-hydrogen) atoms. The number of hydrogen-bond acceptors (Lipinski definition) is 3. The summed E-state index contributed by atoms with van der Waals surface area (Å²) in [7, 11) is 0. The average Bonchev–Trinajstić information content (AvgIpc) is 3.28. The zero-order valence-electron chi connectivity index (χ0n) is 13.4. The van der Waals surface area contributed by atoms with Gasteiger partial charge in [0.15, 0.2) is 11.5 Å². The molecule has 0 aromatic heterocycles. The van der Waals surface area contributed by atoms with Crippen LogP contribution in [0.2, 0.25) is 0 Å². The zero-order chi connectivity index (χ0) is 16.4. The Bertz CT molecular complexity index is 742. The maximum atomic E-state index is 12.1. The van der Waals surface area contributed by atoms with Crippen LogP contribution in [0.25, 0.3) is 0 Å². The molecule has 2 N–H and O–H groups in total. The Morgan fingerprint density at radius 1 is 1.00 bits per heavy atom. The van der Waals surface area contributed by atoms with Crippen LogP contribution in [0.3, 0.4) is 0 Å². The van der Waals surface area contributed by atoms with E-state index in [1.807, 2.05) is 24.3 Å². The molecule has 0 saturated heterocycles. The third-order valence-corrected chi connectivity index (χ3v) is 4.72. The first-order chi connectivity index (χ1) is 11.8. The zero-order valence-corrected chi connectivity index (χ0v) is 13.4. The first kappa shape index (κ1) is 14.9. The van der Waals surface area contributed by atoms with Crippen LogP contribution in [0.1, 0.15) is 24.0 Å². The highest BCUT2D eigenvalue weighted by Crippen LogP contribution is 2.47. The van der Waals surface area contributed by atoms with Gasteiger partial charge in [-0.2, -0.15) is 0 Å². The first-order valence-electron chi connectivity index (χ1n) is 8.21. The van der Waals surface area contributed by atoms with Crippen molar-refractivity contribution in [2.45, 2.75) is 24.8 Å². The fraction of sp³-hybridized carbons (Fsp3) is 0.316. The summed E-state index contributed by atoms with van der Waals surface area (Å²) in [5, 5.41) is 5.90. The predicted molar refractivity (Wildman–Crippen MR) is 90.2 cm³/mol. The molecule has 0 atom stereocenters. The Morgan fingerprint density at radius 2 is 1.79 bits per heavy atom. The lowest BCUT2D eigenvalue weighted by atomic mass is 9.96. The van der Waals surface area contributed by atoms with Crippen LogP contribution in [0.4, 0.5) is 4.79 Å². The van der Waals surface area contributed by atoms with Crippen LogP contribution in [-0.4, -0.2) is 19.4 Å². The topological polar surface area (TPSA) is 59.6 Å². The monoisotopic (exact) mass is 324 g/mol. The van der Waals surface area contributed by atoms with E-state index < -0.39 is 0 Å². The summed E-state index contributed by atoms with van der Waals surface area (Å²) in [6, 6.07) is 15.9. The molecule has 0 bridgehead atoms. The smallest absolute Gasteiger partial charge is 0.315 e. The third kappa shape index (κ3) is 3.02. The van der Waals surface area contributed by atoms with Crippen LogP contribution < -0.4 is 20.1 Å². The Balaban J connectivity index is 1.28. The molecule has 5 heteroatoms. The summed E-state index contributed by atoms with van der Waals surface area (Å²) in [4.78, 5) is 12.1. The molecular formula is C19H20N2O3. The SMILES string of the molecule is O=C(NCc1ccc2c(c1)OCO2)NCC1(c2ccccc2)CC1. The standard InChI is InChI=1S/C19H20N2O3/c22-18(20-11-14-6-7-16-17(10-14)24-13-23-16)21-12-19(8-9-19)15-4-2-1-3-5-15/h1-7,10H,8-9,11-13H2,(H2,20,21,22). The van der Waals surface area contributed by atoms with Crippen molar-refractivity contribution >= 4 is 6.03 Å². The van der Waals surface area contributed by atoms with Crippen molar-refractivity contribution in [2.24, 2.45) is 0 Å². The lowest BCUT2D eigenvalue weighted by molar-refractivity contribution is 0.174. The van der Waals surface area contributed by atoms with E-state index >= 15 is 0 Å². The summed E-state index contributed by atoms with van der Waals surface area (Å²) in [6.07, 6.45) is 2.25. The van der Waals surface area contributed by atoms with Gasteiger partial charge in [-0.15, -0.1) is 0 Å². The Kier molecular flexibility index (Phi) is 3.76. The minimum Gasteiger partial charge on any atom is -0.454 e. The average molecular weight is 324 g/mol. The third-order valence-electron chi connectivity index (χ3n) is 4.72. The molecular weight excluding hydrogens is 304 g/mol. The van der Waals surface area contributed by atoms with Gasteiger partial charge in [0, 0.05) is 18.5 Å². The molecule has 0 radical (unpaired) electrons. The second-order valence-electron chi connectivity index (χ2n) is 6.37. The fourth-order valence-corrected chi connectivity index (χ4v) is 3.06. The van der Waals surface area contributed by atoms with Gasteiger partial charge in [-0.3, -0.25) is 0 Å². The van der Waals surface area contributed by atoms with E-state index in [9.17, 15) is 4.79 Å². The Labute approximate surface area is 141 Å². The summed E-state index contributed by atoms with van der Waals surface area (Å²) in [5.74, 6) is 1.48. The van der Waals surface area contributed by atoms with Crippen molar-refractivity contribution in [1.29, 1.82) is 0 Å². The largest absolute Gasteiger partial charge is 0.454 e. The van der Waals surface area contributed by atoms with Crippen LogP contribution in [0.5, 0.6) is 11.5 Å². The van der Waals surface area contributed by atoms with Crippen molar-refractivity contribution < 1.29 is 14.3 Å². The number of hydrogen-bond donors (Lipinski definition) is 2. The number of ether oxygens (including phenoxy) is 2. The molecule has 124 valence electrons. The second kappa shape index (κ2) is 6.07. The van der Waals surface area contributed by atoms with Crippen molar-refractivity contribution in [3.05, 3.63) is 59.7 Å². The van der Waals surface area contributed by atoms with Gasteiger partial charge in [0.25, 0.3) is 0 Å². The summed E-state index contributed by atoms with van der Waals surface area (Å²) in [6.45, 7) is 1.39. The predicted octanol–water partition coefficient (Wildman–Crippen LogP) is 2.95. The highest BCUT2D eigenvalue weighted by atomic mass is 16.7. The molecule has 1 aliphatic heterocycles. The molecule has 2 aromatic rings. The first-order valence-corrected chi connectivity index (χ1v) is 8.21. The second-order valence-corrected chi connectivity index (χ2v) is 6.37. The van der Waals surface area contributed by atoms with E-state index in [0.29, 0.717) is 13.1 Å². The van der Waals surface area contributed by atoms with Crippen LogP contribution in [0.15, 0.2) is 48.5 Å². The van der Waals surface area contributed by atoms with Crippen molar-refractivity contribution in [1.82, 2.24) is 10.6 Å². The van der Waals surface area contributed by atoms with Crippen molar-refractivity contribution in [3.63, 3.8) is 0 Å². The quantitative estimate of drug-likeness (QED) is 0.889. The van der Waals surface area contributed by atoms with Gasteiger partial charge < -0.3 is 20.1 Å². The van der Waals surface area contributed by atoms with Crippen LogP contribution in [-0.2, 0) is 12.0 Å². The maximum absolute atomic E-state index is 12.1. The molecule has 1 aliphatic carbocycles. The van der Waals surface area contributed by atoms with Crippen molar-refractivity contribution in [3.8, 4) is 11.5 Å². The molecule has 1 fully saturated rings. The van der Waals surface area contributed by atoms with Gasteiger partial charge in [0.05, 0.1) is 0 Å². The van der Waals surface area contributed by atoms with E-state index in [2.05, 4.69) is 34.9 Å². The van der Waals surface area contributed by atoms with Gasteiger partial charge in [0.2, 0.25) is 6.79 Å². The minimum atomic E-state index is -0.144. The fourth-order valence-electron chi connectivity index (χ4n) is 3.06. The van der Waals surface area contributed by atoms with Gasteiger partial charge in [-0.25, -0.2) is 4.79 Å². The van der Waals surface area contributed by atoms with Gasteiger partial charge in [-0.05, 0) is 36.1 Å². The van der Waals surface area contributed by atoms with E-state index in [0.717, 1.165) is 29.9 Å². The number of carbonyl (C=O) groups is 1. The Morgan fingerprint density at radius 3 is 2.58 bits per heavy atom. The van der Waals surface area contributed by atoms with Gasteiger partial charge in [-0.1, -0.05) is 36.4 Å². The molecule has 1 heterocycles. The van der Waals surface area contributed by atoms with Crippen LogP contribution in [0, 0.1) is 0 Å². The maximum Gasteiger partial charge on any atom is 0.315 e. The minimum absolute atomic E-state index is 0.122. The van der Waals surface area contributed by atoms with E-state index in [4.69, 9.17) is 9.47 Å². The van der Waals surface area contributed by atoms with E-state index in [1.54, 1.807) is 0 Å². The van der Waals surface area contributed by atoms with Crippen molar-refractivity contribution in [2.75, 3.05) is 13.3 Å². The number of urea groups is 1. The normalized spacial score (nSPS) is 16.5. The molecule has 5 nitrogen and oxygen atoms in total. The summed E-state index contributed by atoms with van der Waals surface area (Å²) >= 11 is 0. The lowest BCUT2D eigenvalue weighted by Gasteiger charge is -2.17. The van der Waals surface area contributed by atoms with Crippen LogP contribution >= 0.6 is 0 Å². The number of fused-ring (bicyclic) bond motifs is 1. The number of amides is 2. The molecule has 1 saturated carbocycles. The highest BCUT2D eigenvalue weighted by Gasteiger charge is 2.44. The number of carbonyl (C=O) groups excluding carboxylic acids is 1. The number of nitrogens with one attached hydrogen (secondary N) is 2. The van der Waals surface area contributed by atoms with E-state index in [1.165, 1.54) is 5.56 Å².